The minimum atomic E-state index is 0.583. The van der Waals surface area contributed by atoms with Gasteiger partial charge in [0.05, 0.1) is 46.2 Å². The van der Waals surface area contributed by atoms with Crippen LogP contribution in [0, 0.1) is 0 Å². The lowest BCUT2D eigenvalue weighted by molar-refractivity contribution is 0.238. The first-order valence-corrected chi connectivity index (χ1v) is 22.0. The molecule has 0 radical (unpaired) electrons. The van der Waals surface area contributed by atoms with Gasteiger partial charge in [0.25, 0.3) is 0 Å². The Morgan fingerprint density at radius 1 is 0.273 bits per heavy atom. The van der Waals surface area contributed by atoms with E-state index in [9.17, 15) is 0 Å². The van der Waals surface area contributed by atoms with Crippen LogP contribution in [0.3, 0.4) is 0 Å². The maximum absolute atomic E-state index is 6.93. The van der Waals surface area contributed by atoms with Crippen LogP contribution in [-0.2, 0) is 0 Å². The Labute approximate surface area is 332 Å². The van der Waals surface area contributed by atoms with E-state index in [0.717, 1.165) is 170 Å². The summed E-state index contributed by atoms with van der Waals surface area (Å²) in [6, 6.07) is 10.9. The monoisotopic (exact) mass is 761 g/mol. The average Bonchev–Trinajstić information content (AvgIpc) is 3.19. The fourth-order valence-electron chi connectivity index (χ4n) is 6.61. The van der Waals surface area contributed by atoms with E-state index in [1.807, 2.05) is 0 Å². The topological polar surface area (TPSA) is 64.6 Å². The Bertz CT molecular complexity index is 1670. The largest absolute Gasteiger partial charge is 0.490 e. The molecule has 0 fully saturated rings. The molecule has 0 N–H and O–H groups in total. The summed E-state index contributed by atoms with van der Waals surface area (Å²) < 4.78 is 46.4. The van der Waals surface area contributed by atoms with E-state index < -0.39 is 0 Å². The summed E-state index contributed by atoms with van der Waals surface area (Å²) in [4.78, 5) is 0. The molecule has 4 aromatic carbocycles. The Morgan fingerprint density at radius 2 is 0.545 bits per heavy atom. The van der Waals surface area contributed by atoms with Crippen molar-refractivity contribution in [3.63, 3.8) is 0 Å². The smallest absolute Gasteiger partial charge is 0.204 e. The van der Waals surface area contributed by atoms with E-state index in [4.69, 9.17) is 33.2 Å². The molecule has 7 heteroatoms. The summed E-state index contributed by atoms with van der Waals surface area (Å²) in [7, 11) is 0. The van der Waals surface area contributed by atoms with Gasteiger partial charge in [-0.05, 0) is 102 Å². The summed E-state index contributed by atoms with van der Waals surface area (Å²) in [5, 5.41) is 6.21. The standard InChI is InChI=1S/C48H72O7/c1-8-15-22-29-54-47-45(53-28-21-14-7)35-40-38-33-42(50-25-18-11-4)41(49-24-17-10-3)31-36(38)37-32-43(51-26-19-12-5)44(52-27-20-13-6)34-39(37)46(40)48(47)55-30-23-16-9-2/h31-35H,8-30H2,1-7H3. The number of hydrogen-bond acceptors (Lipinski definition) is 7. The van der Waals surface area contributed by atoms with Gasteiger partial charge < -0.3 is 33.2 Å². The Balaban J connectivity index is 2.17. The molecule has 0 aromatic heterocycles. The molecule has 0 atom stereocenters. The third kappa shape index (κ3) is 12.4. The summed E-state index contributed by atoms with van der Waals surface area (Å²) in [5.74, 6) is 5.18. The van der Waals surface area contributed by atoms with E-state index in [1.165, 1.54) is 0 Å². The molecule has 0 saturated carbocycles. The molecule has 0 aliphatic rings. The molecule has 0 amide bonds. The molecular weight excluding hydrogens is 689 g/mol. The second-order valence-electron chi connectivity index (χ2n) is 14.8. The highest BCUT2D eigenvalue weighted by molar-refractivity contribution is 6.28. The van der Waals surface area contributed by atoms with Crippen molar-refractivity contribution >= 4 is 32.3 Å². The predicted molar refractivity (Wildman–Crippen MR) is 231 cm³/mol. The van der Waals surface area contributed by atoms with Crippen molar-refractivity contribution < 1.29 is 33.2 Å². The van der Waals surface area contributed by atoms with Crippen LogP contribution < -0.4 is 33.2 Å². The average molecular weight is 761 g/mol. The van der Waals surface area contributed by atoms with Gasteiger partial charge in [0.2, 0.25) is 5.75 Å². The predicted octanol–water partition coefficient (Wildman–Crippen LogP) is 14.2. The lowest BCUT2D eigenvalue weighted by Gasteiger charge is -2.23. The van der Waals surface area contributed by atoms with Crippen molar-refractivity contribution in [3.8, 4) is 40.2 Å². The fourth-order valence-corrected chi connectivity index (χ4v) is 6.61. The van der Waals surface area contributed by atoms with Crippen LogP contribution in [0.4, 0.5) is 0 Å². The van der Waals surface area contributed by atoms with Crippen LogP contribution in [0.1, 0.15) is 151 Å². The van der Waals surface area contributed by atoms with Crippen LogP contribution >= 0.6 is 0 Å². The van der Waals surface area contributed by atoms with Gasteiger partial charge in [0.15, 0.2) is 34.5 Å². The van der Waals surface area contributed by atoms with Crippen LogP contribution in [0.15, 0.2) is 30.3 Å². The lowest BCUT2D eigenvalue weighted by Crippen LogP contribution is -2.07. The Kier molecular flexibility index (Phi) is 19.8. The van der Waals surface area contributed by atoms with Gasteiger partial charge >= 0.3 is 0 Å². The van der Waals surface area contributed by atoms with Crippen molar-refractivity contribution in [3.05, 3.63) is 30.3 Å². The zero-order valence-electron chi connectivity index (χ0n) is 35.5. The number of benzene rings is 4. The number of fused-ring (bicyclic) bond motifs is 6. The molecule has 0 saturated heterocycles. The maximum atomic E-state index is 6.93. The molecule has 0 bridgehead atoms. The van der Waals surface area contributed by atoms with Crippen LogP contribution in [-0.4, -0.2) is 46.2 Å². The van der Waals surface area contributed by atoms with E-state index in [1.54, 1.807) is 0 Å². The molecule has 306 valence electrons. The van der Waals surface area contributed by atoms with Crippen molar-refractivity contribution in [2.75, 3.05) is 46.2 Å². The SMILES string of the molecule is CCCCCOc1c(OCCCC)cc2c3cc(OCCCC)c(OCCCC)cc3c3cc(OCCCC)c(OCCCC)cc3c2c1OCCCCC. The number of rotatable bonds is 30. The van der Waals surface area contributed by atoms with Gasteiger partial charge in [-0.15, -0.1) is 0 Å². The summed E-state index contributed by atoms with van der Waals surface area (Å²) in [6.45, 7) is 19.6. The van der Waals surface area contributed by atoms with Gasteiger partial charge in [-0.3, -0.25) is 0 Å². The molecule has 4 aromatic rings. The van der Waals surface area contributed by atoms with Crippen molar-refractivity contribution in [2.45, 2.75) is 151 Å². The zero-order chi connectivity index (χ0) is 39.3. The second-order valence-corrected chi connectivity index (χ2v) is 14.8. The number of hydrogen-bond donors (Lipinski definition) is 0. The highest BCUT2D eigenvalue weighted by Gasteiger charge is 2.25. The Morgan fingerprint density at radius 3 is 0.909 bits per heavy atom. The summed E-state index contributed by atoms with van der Waals surface area (Å²) >= 11 is 0. The van der Waals surface area contributed by atoms with Crippen molar-refractivity contribution in [2.24, 2.45) is 0 Å². The first-order chi connectivity index (χ1) is 27.1. The quantitative estimate of drug-likeness (QED) is 0.0387. The maximum Gasteiger partial charge on any atom is 0.204 e. The molecule has 0 spiro atoms. The van der Waals surface area contributed by atoms with Gasteiger partial charge in [-0.25, -0.2) is 0 Å². The third-order valence-electron chi connectivity index (χ3n) is 9.99. The number of ether oxygens (including phenoxy) is 7. The summed E-state index contributed by atoms with van der Waals surface area (Å²) in [6.07, 6.45) is 16.4. The van der Waals surface area contributed by atoms with Crippen LogP contribution in [0.25, 0.3) is 32.3 Å². The molecule has 0 unspecified atom stereocenters. The molecule has 0 aliphatic carbocycles. The Hall–Kier alpha value is -3.74. The van der Waals surface area contributed by atoms with Gasteiger partial charge in [0, 0.05) is 5.39 Å². The first-order valence-electron chi connectivity index (χ1n) is 22.0. The van der Waals surface area contributed by atoms with E-state index in [2.05, 4.69) is 78.8 Å². The van der Waals surface area contributed by atoms with Crippen LogP contribution in [0.5, 0.6) is 40.2 Å². The highest BCUT2D eigenvalue weighted by Crippen LogP contribution is 2.52. The number of unbranched alkanes of at least 4 members (excludes halogenated alkanes) is 9. The fraction of sp³-hybridized carbons (Fsp3) is 0.625. The van der Waals surface area contributed by atoms with E-state index in [-0.39, 0.29) is 0 Å². The lowest BCUT2D eigenvalue weighted by atomic mass is 9.92. The normalized spacial score (nSPS) is 11.4. The third-order valence-corrected chi connectivity index (χ3v) is 9.99. The minimum absolute atomic E-state index is 0.583. The molecule has 4 rings (SSSR count). The van der Waals surface area contributed by atoms with Gasteiger partial charge in [0.1, 0.15) is 0 Å². The van der Waals surface area contributed by atoms with Crippen LogP contribution in [0.2, 0.25) is 0 Å². The molecule has 0 aliphatic heterocycles. The molecule has 0 heterocycles. The van der Waals surface area contributed by atoms with Crippen molar-refractivity contribution in [1.29, 1.82) is 0 Å². The van der Waals surface area contributed by atoms with Crippen molar-refractivity contribution in [1.82, 2.24) is 0 Å². The van der Waals surface area contributed by atoms with Gasteiger partial charge in [-0.1, -0.05) is 106 Å². The second kappa shape index (κ2) is 24.7. The molecule has 55 heavy (non-hydrogen) atoms. The molecule has 7 nitrogen and oxygen atoms in total. The van der Waals surface area contributed by atoms with E-state index in [0.29, 0.717) is 52.0 Å². The zero-order valence-corrected chi connectivity index (χ0v) is 35.5. The highest BCUT2D eigenvalue weighted by atomic mass is 16.5. The summed E-state index contributed by atoms with van der Waals surface area (Å²) in [5.41, 5.74) is 0. The van der Waals surface area contributed by atoms with E-state index >= 15 is 0 Å². The minimum Gasteiger partial charge on any atom is -0.490 e. The molecular formula is C48H72O7. The van der Waals surface area contributed by atoms with Gasteiger partial charge in [-0.2, -0.15) is 0 Å². The first kappa shape index (κ1) is 44.0.